The van der Waals surface area contributed by atoms with Gasteiger partial charge in [-0.25, -0.2) is 8.78 Å². The number of amides is 1. The zero-order valence-electron chi connectivity index (χ0n) is 11.9. The number of benzene rings is 1. The molecular formula is C15H15F2N3O. The average Bonchev–Trinajstić information content (AvgIpc) is 2.47. The van der Waals surface area contributed by atoms with Gasteiger partial charge < -0.3 is 10.6 Å². The van der Waals surface area contributed by atoms with E-state index in [-0.39, 0.29) is 11.1 Å². The molecule has 0 atom stereocenters. The normalized spacial score (nSPS) is 10.3. The molecule has 0 radical (unpaired) electrons. The van der Waals surface area contributed by atoms with Crippen LogP contribution in [0.5, 0.6) is 0 Å². The molecule has 2 aromatic rings. The number of aryl methyl sites for hydroxylation is 2. The number of rotatable bonds is 3. The first kappa shape index (κ1) is 14.9. The number of nitrogens with one attached hydrogen (secondary N) is 2. The van der Waals surface area contributed by atoms with Gasteiger partial charge in [0.15, 0.2) is 5.82 Å². The van der Waals surface area contributed by atoms with E-state index in [2.05, 4.69) is 15.6 Å². The van der Waals surface area contributed by atoms with Crippen molar-refractivity contribution in [3.63, 3.8) is 0 Å². The molecule has 0 aliphatic rings. The minimum atomic E-state index is -0.822. The van der Waals surface area contributed by atoms with E-state index in [0.717, 1.165) is 11.8 Å². The van der Waals surface area contributed by atoms with Gasteiger partial charge in [-0.15, -0.1) is 0 Å². The summed E-state index contributed by atoms with van der Waals surface area (Å²) in [5, 5.41) is 5.12. The van der Waals surface area contributed by atoms with Crippen molar-refractivity contribution < 1.29 is 13.6 Å². The van der Waals surface area contributed by atoms with E-state index in [0.29, 0.717) is 5.69 Å². The summed E-state index contributed by atoms with van der Waals surface area (Å²) < 4.78 is 27.6. The van der Waals surface area contributed by atoms with Gasteiger partial charge in [0, 0.05) is 18.9 Å². The Morgan fingerprint density at radius 2 is 1.95 bits per heavy atom. The SMILES string of the molecule is CNc1cc(C)ncc1C(=O)Nc1c(F)ccc(C)c1F. The number of aromatic nitrogens is 1. The molecule has 2 N–H and O–H groups in total. The van der Waals surface area contributed by atoms with E-state index in [1.54, 1.807) is 20.0 Å². The first-order valence-corrected chi connectivity index (χ1v) is 6.34. The van der Waals surface area contributed by atoms with Crippen LogP contribution in [-0.2, 0) is 0 Å². The second-order valence-corrected chi connectivity index (χ2v) is 4.63. The van der Waals surface area contributed by atoms with Crippen LogP contribution in [0.1, 0.15) is 21.6 Å². The van der Waals surface area contributed by atoms with Gasteiger partial charge in [-0.05, 0) is 31.5 Å². The van der Waals surface area contributed by atoms with Crippen LogP contribution in [0.4, 0.5) is 20.2 Å². The number of carbonyl (C=O) groups is 1. The molecule has 2 rings (SSSR count). The molecule has 1 heterocycles. The number of nitrogens with zero attached hydrogens (tertiary/aromatic N) is 1. The van der Waals surface area contributed by atoms with E-state index in [1.165, 1.54) is 19.2 Å². The van der Waals surface area contributed by atoms with Crippen LogP contribution in [0.3, 0.4) is 0 Å². The molecular weight excluding hydrogens is 276 g/mol. The summed E-state index contributed by atoms with van der Waals surface area (Å²) in [6, 6.07) is 4.10. The molecule has 1 aromatic carbocycles. The van der Waals surface area contributed by atoms with Gasteiger partial charge in [-0.3, -0.25) is 9.78 Å². The minimum Gasteiger partial charge on any atom is -0.387 e. The van der Waals surface area contributed by atoms with Gasteiger partial charge in [-0.1, -0.05) is 6.07 Å². The molecule has 6 heteroatoms. The highest BCUT2D eigenvalue weighted by atomic mass is 19.1. The second kappa shape index (κ2) is 5.87. The van der Waals surface area contributed by atoms with Crippen LogP contribution < -0.4 is 10.6 Å². The fourth-order valence-corrected chi connectivity index (χ4v) is 1.90. The van der Waals surface area contributed by atoms with Crippen LogP contribution in [0.2, 0.25) is 0 Å². The molecule has 110 valence electrons. The highest BCUT2D eigenvalue weighted by Crippen LogP contribution is 2.23. The van der Waals surface area contributed by atoms with E-state index < -0.39 is 23.2 Å². The molecule has 21 heavy (non-hydrogen) atoms. The number of anilines is 2. The van der Waals surface area contributed by atoms with E-state index in [1.807, 2.05) is 0 Å². The van der Waals surface area contributed by atoms with Crippen LogP contribution in [0, 0.1) is 25.5 Å². The number of halogens is 2. The Morgan fingerprint density at radius 3 is 2.62 bits per heavy atom. The lowest BCUT2D eigenvalue weighted by molar-refractivity contribution is 0.102. The zero-order valence-corrected chi connectivity index (χ0v) is 11.9. The molecule has 0 aliphatic heterocycles. The minimum absolute atomic E-state index is 0.211. The first-order valence-electron chi connectivity index (χ1n) is 6.34. The predicted octanol–water partition coefficient (Wildman–Crippen LogP) is 3.27. The van der Waals surface area contributed by atoms with E-state index in [4.69, 9.17) is 0 Å². The van der Waals surface area contributed by atoms with Gasteiger partial charge >= 0.3 is 0 Å². The van der Waals surface area contributed by atoms with Crippen molar-refractivity contribution in [3.05, 3.63) is 52.9 Å². The maximum absolute atomic E-state index is 13.9. The van der Waals surface area contributed by atoms with Crippen LogP contribution in [-0.4, -0.2) is 17.9 Å². The summed E-state index contributed by atoms with van der Waals surface area (Å²) in [5.41, 5.74) is 1.27. The summed E-state index contributed by atoms with van der Waals surface area (Å²) >= 11 is 0. The smallest absolute Gasteiger partial charge is 0.259 e. The topological polar surface area (TPSA) is 54.0 Å². The summed E-state index contributed by atoms with van der Waals surface area (Å²) in [6.45, 7) is 3.28. The highest BCUT2D eigenvalue weighted by molar-refractivity contribution is 6.08. The van der Waals surface area contributed by atoms with Crippen molar-refractivity contribution in [2.24, 2.45) is 0 Å². The lowest BCUT2D eigenvalue weighted by Gasteiger charge is -2.12. The molecule has 0 spiro atoms. The first-order chi connectivity index (χ1) is 9.93. The predicted molar refractivity (Wildman–Crippen MR) is 77.6 cm³/mol. The van der Waals surface area contributed by atoms with Crippen LogP contribution >= 0.6 is 0 Å². The lowest BCUT2D eigenvalue weighted by Crippen LogP contribution is -2.17. The number of hydrogen-bond donors (Lipinski definition) is 2. The van der Waals surface area contributed by atoms with Gasteiger partial charge in [-0.2, -0.15) is 0 Å². The summed E-state index contributed by atoms with van der Waals surface area (Å²) in [7, 11) is 1.65. The third-order valence-corrected chi connectivity index (χ3v) is 3.08. The van der Waals surface area contributed by atoms with E-state index in [9.17, 15) is 13.6 Å². The molecule has 0 bridgehead atoms. The fraction of sp³-hybridized carbons (Fsp3) is 0.200. The standard InChI is InChI=1S/C15H15F2N3O/c1-8-4-5-11(16)14(13(8)17)20-15(21)10-7-19-9(2)6-12(10)18-3/h4-7H,1-3H3,(H,18,19)(H,20,21). The fourth-order valence-electron chi connectivity index (χ4n) is 1.90. The average molecular weight is 291 g/mol. The molecule has 0 saturated heterocycles. The molecule has 0 aliphatic carbocycles. The summed E-state index contributed by atoms with van der Waals surface area (Å²) in [5.74, 6) is -2.23. The van der Waals surface area contributed by atoms with Crippen molar-refractivity contribution in [2.45, 2.75) is 13.8 Å². The van der Waals surface area contributed by atoms with E-state index >= 15 is 0 Å². The van der Waals surface area contributed by atoms with Crippen molar-refractivity contribution in [2.75, 3.05) is 17.7 Å². The molecule has 0 unspecified atom stereocenters. The van der Waals surface area contributed by atoms with Gasteiger partial charge in [0.25, 0.3) is 5.91 Å². The second-order valence-electron chi connectivity index (χ2n) is 4.63. The molecule has 4 nitrogen and oxygen atoms in total. The van der Waals surface area contributed by atoms with Crippen molar-refractivity contribution in [1.82, 2.24) is 4.98 Å². The number of pyridine rings is 1. The van der Waals surface area contributed by atoms with Crippen molar-refractivity contribution >= 4 is 17.3 Å². The zero-order chi connectivity index (χ0) is 15.6. The molecule has 1 aromatic heterocycles. The van der Waals surface area contributed by atoms with Gasteiger partial charge in [0.05, 0.1) is 11.3 Å². The number of hydrogen-bond acceptors (Lipinski definition) is 3. The quantitative estimate of drug-likeness (QED) is 0.912. The maximum Gasteiger partial charge on any atom is 0.259 e. The maximum atomic E-state index is 13.9. The van der Waals surface area contributed by atoms with Crippen molar-refractivity contribution in [3.8, 4) is 0 Å². The van der Waals surface area contributed by atoms with Crippen LogP contribution in [0.25, 0.3) is 0 Å². The van der Waals surface area contributed by atoms with Gasteiger partial charge in [0.1, 0.15) is 11.5 Å². The lowest BCUT2D eigenvalue weighted by atomic mass is 10.1. The Kier molecular flexibility index (Phi) is 4.16. The summed E-state index contributed by atoms with van der Waals surface area (Å²) in [4.78, 5) is 16.2. The Balaban J connectivity index is 2.37. The molecule has 0 fully saturated rings. The molecule has 0 saturated carbocycles. The van der Waals surface area contributed by atoms with Crippen molar-refractivity contribution in [1.29, 1.82) is 0 Å². The summed E-state index contributed by atoms with van der Waals surface area (Å²) in [6.07, 6.45) is 1.36. The van der Waals surface area contributed by atoms with Gasteiger partial charge in [0.2, 0.25) is 0 Å². The van der Waals surface area contributed by atoms with Crippen LogP contribution in [0.15, 0.2) is 24.4 Å². The Morgan fingerprint density at radius 1 is 1.24 bits per heavy atom. The Bertz CT molecular complexity index is 702. The largest absolute Gasteiger partial charge is 0.387 e. The molecule has 1 amide bonds. The third kappa shape index (κ3) is 2.99. The Hall–Kier alpha value is -2.50. The third-order valence-electron chi connectivity index (χ3n) is 3.08. The number of carbonyl (C=O) groups excluding carboxylic acids is 1. The monoisotopic (exact) mass is 291 g/mol. The highest BCUT2D eigenvalue weighted by Gasteiger charge is 2.17. The Labute approximate surface area is 121 Å².